The third-order valence-electron chi connectivity index (χ3n) is 0.694. The highest BCUT2D eigenvalue weighted by Crippen LogP contribution is 2.12. The van der Waals surface area contributed by atoms with Crippen molar-refractivity contribution in [2.75, 3.05) is 0 Å². The Morgan fingerprint density at radius 1 is 1.67 bits per heavy atom. The average molecular weight is 147 g/mol. The topological polar surface area (TPSA) is 0 Å². The van der Waals surface area contributed by atoms with Crippen molar-refractivity contribution in [3.8, 4) is 0 Å². The zero-order chi connectivity index (χ0) is 7.28. The predicted octanol–water partition coefficient (Wildman–Crippen LogP) is 3.17. The van der Waals surface area contributed by atoms with E-state index in [2.05, 4.69) is 6.58 Å². The first-order valence-electron chi connectivity index (χ1n) is 2.51. The van der Waals surface area contributed by atoms with Crippen LogP contribution in [0.5, 0.6) is 0 Å². The summed E-state index contributed by atoms with van der Waals surface area (Å²) in [6.45, 7) is 4.83. The van der Waals surface area contributed by atoms with E-state index >= 15 is 0 Å². The number of allylic oxidation sites excluding steroid dienone is 5. The molecule has 0 aromatic rings. The molecule has 0 bridgehead atoms. The van der Waals surface area contributed by atoms with Gasteiger partial charge in [-0.05, 0) is 13.0 Å². The van der Waals surface area contributed by atoms with Gasteiger partial charge in [0.2, 0.25) is 0 Å². The van der Waals surface area contributed by atoms with Gasteiger partial charge in [-0.3, -0.25) is 0 Å². The van der Waals surface area contributed by atoms with E-state index in [0.717, 1.165) is 0 Å². The fourth-order valence-electron chi connectivity index (χ4n) is 0.271. The normalized spacial score (nSPS) is 12.6. The first-order chi connectivity index (χ1) is 4.18. The van der Waals surface area contributed by atoms with Crippen molar-refractivity contribution in [3.63, 3.8) is 0 Å². The van der Waals surface area contributed by atoms with Crippen molar-refractivity contribution in [1.29, 1.82) is 0 Å². The molecule has 0 radical (unpaired) electrons. The maximum atomic E-state index is 12.0. The van der Waals surface area contributed by atoms with Crippen molar-refractivity contribution in [1.82, 2.24) is 0 Å². The lowest BCUT2D eigenvalue weighted by Gasteiger charge is -1.85. The zero-order valence-corrected chi connectivity index (χ0v) is 5.95. The summed E-state index contributed by atoms with van der Waals surface area (Å²) in [6.07, 6.45) is 4.85. The molecule has 9 heavy (non-hydrogen) atoms. The van der Waals surface area contributed by atoms with Crippen LogP contribution in [0.1, 0.15) is 6.92 Å². The van der Waals surface area contributed by atoms with Gasteiger partial charge in [0.25, 0.3) is 0 Å². The van der Waals surface area contributed by atoms with Crippen molar-refractivity contribution in [3.05, 3.63) is 35.7 Å². The third kappa shape index (κ3) is 3.98. The SMILES string of the molecule is C=C(F)/C(Cl)=C\C=C/C. The van der Waals surface area contributed by atoms with E-state index in [1.165, 1.54) is 6.08 Å². The minimum Gasteiger partial charge on any atom is -0.206 e. The molecule has 0 amide bonds. The summed E-state index contributed by atoms with van der Waals surface area (Å²) in [5, 5.41) is 0.0492. The van der Waals surface area contributed by atoms with Gasteiger partial charge in [0, 0.05) is 0 Å². The second-order valence-corrected chi connectivity index (χ2v) is 1.85. The summed E-state index contributed by atoms with van der Waals surface area (Å²) in [5.74, 6) is -0.602. The Labute approximate surface area is 59.3 Å². The van der Waals surface area contributed by atoms with E-state index in [1.54, 1.807) is 12.2 Å². The predicted molar refractivity (Wildman–Crippen MR) is 39.0 cm³/mol. The molecule has 0 rings (SSSR count). The number of rotatable bonds is 2. The van der Waals surface area contributed by atoms with Gasteiger partial charge in [0.05, 0.1) is 5.03 Å². The third-order valence-corrected chi connectivity index (χ3v) is 1.03. The minimum atomic E-state index is -0.602. The van der Waals surface area contributed by atoms with E-state index < -0.39 is 5.83 Å². The Morgan fingerprint density at radius 3 is 2.56 bits per heavy atom. The van der Waals surface area contributed by atoms with Crippen LogP contribution in [-0.2, 0) is 0 Å². The van der Waals surface area contributed by atoms with Gasteiger partial charge < -0.3 is 0 Å². The van der Waals surface area contributed by atoms with Crippen LogP contribution in [0.3, 0.4) is 0 Å². The van der Waals surface area contributed by atoms with Gasteiger partial charge in [-0.15, -0.1) is 0 Å². The Kier molecular flexibility index (Phi) is 4.06. The highest BCUT2D eigenvalue weighted by Gasteiger charge is 1.91. The Bertz CT molecular complexity index is 156. The van der Waals surface area contributed by atoms with Crippen LogP contribution in [0.4, 0.5) is 4.39 Å². The quantitative estimate of drug-likeness (QED) is 0.525. The molecule has 0 aliphatic carbocycles. The number of hydrogen-bond donors (Lipinski definition) is 0. The molecule has 0 aromatic heterocycles. The molecule has 0 aliphatic rings. The molecule has 50 valence electrons. The lowest BCUT2D eigenvalue weighted by atomic mass is 10.4. The van der Waals surface area contributed by atoms with Crippen LogP contribution in [0.15, 0.2) is 35.7 Å². The highest BCUT2D eigenvalue weighted by molar-refractivity contribution is 6.31. The van der Waals surface area contributed by atoms with Gasteiger partial charge in [0.1, 0.15) is 5.83 Å². The fourth-order valence-corrected chi connectivity index (χ4v) is 0.344. The van der Waals surface area contributed by atoms with Gasteiger partial charge >= 0.3 is 0 Å². The molecule has 0 aromatic carbocycles. The molecular weight excluding hydrogens is 139 g/mol. The molecule has 0 saturated carbocycles. The van der Waals surface area contributed by atoms with Crippen LogP contribution in [-0.4, -0.2) is 0 Å². The standard InChI is InChI=1S/C7H8ClF/c1-3-4-5-7(8)6(2)9/h3-5H,2H2,1H3/b4-3-,7-5+. The first-order valence-corrected chi connectivity index (χ1v) is 2.89. The van der Waals surface area contributed by atoms with E-state index in [-0.39, 0.29) is 5.03 Å². The largest absolute Gasteiger partial charge is 0.206 e. The molecule has 0 heterocycles. The molecular formula is C7H8ClF. The summed E-state index contributed by atoms with van der Waals surface area (Å²) < 4.78 is 12.0. The second-order valence-electron chi connectivity index (χ2n) is 1.45. The van der Waals surface area contributed by atoms with Crippen LogP contribution in [0, 0.1) is 0 Å². The Balaban J connectivity index is 4.00. The van der Waals surface area contributed by atoms with Gasteiger partial charge in [-0.1, -0.05) is 30.3 Å². The maximum Gasteiger partial charge on any atom is 0.134 e. The van der Waals surface area contributed by atoms with Gasteiger partial charge in [-0.25, -0.2) is 4.39 Å². The van der Waals surface area contributed by atoms with Crippen LogP contribution in [0.25, 0.3) is 0 Å². The highest BCUT2D eigenvalue weighted by atomic mass is 35.5. The van der Waals surface area contributed by atoms with E-state index in [9.17, 15) is 4.39 Å². The molecule has 0 nitrogen and oxygen atoms in total. The Morgan fingerprint density at radius 2 is 2.22 bits per heavy atom. The minimum absolute atomic E-state index is 0.0492. The molecule has 0 unspecified atom stereocenters. The van der Waals surface area contributed by atoms with Crippen molar-refractivity contribution in [2.24, 2.45) is 0 Å². The molecule has 2 heteroatoms. The van der Waals surface area contributed by atoms with E-state index in [0.29, 0.717) is 0 Å². The van der Waals surface area contributed by atoms with Gasteiger partial charge in [-0.2, -0.15) is 0 Å². The molecule has 0 spiro atoms. The van der Waals surface area contributed by atoms with Crippen LogP contribution < -0.4 is 0 Å². The summed E-state index contributed by atoms with van der Waals surface area (Å²) in [5.41, 5.74) is 0. The second kappa shape index (κ2) is 4.33. The number of hydrogen-bond acceptors (Lipinski definition) is 0. The molecule has 0 N–H and O–H groups in total. The molecule has 0 aliphatic heterocycles. The first kappa shape index (κ1) is 8.44. The summed E-state index contributed by atoms with van der Waals surface area (Å²) in [7, 11) is 0. The summed E-state index contributed by atoms with van der Waals surface area (Å²) >= 11 is 5.33. The Hall–Kier alpha value is -0.560. The van der Waals surface area contributed by atoms with E-state index in [4.69, 9.17) is 11.6 Å². The van der Waals surface area contributed by atoms with E-state index in [1.807, 2.05) is 6.92 Å². The van der Waals surface area contributed by atoms with Gasteiger partial charge in [0.15, 0.2) is 0 Å². The van der Waals surface area contributed by atoms with Crippen molar-refractivity contribution < 1.29 is 4.39 Å². The molecule has 0 atom stereocenters. The fraction of sp³-hybridized carbons (Fsp3) is 0.143. The smallest absolute Gasteiger partial charge is 0.134 e. The zero-order valence-electron chi connectivity index (χ0n) is 5.20. The van der Waals surface area contributed by atoms with Crippen molar-refractivity contribution >= 4 is 11.6 Å². The average Bonchev–Trinajstić information content (AvgIpc) is 1.82. The molecule has 0 fully saturated rings. The summed E-state index contributed by atoms with van der Waals surface area (Å²) in [6, 6.07) is 0. The lowest BCUT2D eigenvalue weighted by Crippen LogP contribution is -1.66. The monoisotopic (exact) mass is 146 g/mol. The maximum absolute atomic E-state index is 12.0. The van der Waals surface area contributed by atoms with Crippen molar-refractivity contribution in [2.45, 2.75) is 6.92 Å². The number of halogens is 2. The van der Waals surface area contributed by atoms with Crippen LogP contribution >= 0.6 is 11.6 Å². The molecule has 0 saturated heterocycles. The summed E-state index contributed by atoms with van der Waals surface area (Å²) in [4.78, 5) is 0. The van der Waals surface area contributed by atoms with Crippen LogP contribution in [0.2, 0.25) is 0 Å². The lowest BCUT2D eigenvalue weighted by molar-refractivity contribution is 0.667.